The molecule has 0 fully saturated rings. The molecule has 3 aromatic carbocycles. The van der Waals surface area contributed by atoms with Crippen molar-refractivity contribution in [3.8, 4) is 17.1 Å². The van der Waals surface area contributed by atoms with Crippen molar-refractivity contribution in [2.45, 2.75) is 12.5 Å². The van der Waals surface area contributed by atoms with Crippen LogP contribution in [-0.4, -0.2) is 22.7 Å². The van der Waals surface area contributed by atoms with Gasteiger partial charge >= 0.3 is 0 Å². The molecule has 0 aliphatic rings. The molecule has 8 heteroatoms. The van der Waals surface area contributed by atoms with Gasteiger partial charge in [-0.25, -0.2) is 0 Å². The molecule has 1 unspecified atom stereocenters. The highest BCUT2D eigenvalue weighted by Crippen LogP contribution is 2.24. The molecule has 1 aromatic heterocycles. The normalized spacial score (nSPS) is 11.7. The van der Waals surface area contributed by atoms with E-state index >= 15 is 0 Å². The predicted octanol–water partition coefficient (Wildman–Crippen LogP) is 5.52. The van der Waals surface area contributed by atoms with Crippen LogP contribution in [0.5, 0.6) is 5.75 Å². The maximum Gasteiger partial charge on any atom is 0.258 e. The number of carbonyl (C=O) groups is 1. The van der Waals surface area contributed by atoms with E-state index in [-0.39, 0.29) is 12.5 Å². The van der Waals surface area contributed by atoms with Crippen LogP contribution in [0.1, 0.15) is 17.5 Å². The summed E-state index contributed by atoms with van der Waals surface area (Å²) in [5, 5.41) is 8.15. The molecule has 6 nitrogen and oxygen atoms in total. The molecular formula is C24H19Cl2N3O3. The Balaban J connectivity index is 1.50. The van der Waals surface area contributed by atoms with Crippen molar-refractivity contribution < 1.29 is 14.1 Å². The lowest BCUT2D eigenvalue weighted by Gasteiger charge is -2.15. The topological polar surface area (TPSA) is 77.2 Å². The van der Waals surface area contributed by atoms with Crippen LogP contribution < -0.4 is 10.1 Å². The fourth-order valence-electron chi connectivity index (χ4n) is 3.09. The molecule has 1 atom stereocenters. The first-order chi connectivity index (χ1) is 15.6. The molecule has 1 amide bonds. The minimum absolute atomic E-state index is 0.164. The van der Waals surface area contributed by atoms with Gasteiger partial charge in [0.25, 0.3) is 5.91 Å². The second kappa shape index (κ2) is 10.3. The van der Waals surface area contributed by atoms with E-state index in [1.54, 1.807) is 36.4 Å². The summed E-state index contributed by atoms with van der Waals surface area (Å²) in [6, 6.07) is 23.2. The number of rotatable bonds is 8. The van der Waals surface area contributed by atoms with Gasteiger partial charge in [0.05, 0.1) is 0 Å². The zero-order valence-electron chi connectivity index (χ0n) is 16.9. The van der Waals surface area contributed by atoms with E-state index in [4.69, 9.17) is 32.5 Å². The molecule has 0 aliphatic carbocycles. The van der Waals surface area contributed by atoms with Crippen LogP contribution in [0.2, 0.25) is 10.0 Å². The van der Waals surface area contributed by atoms with Crippen LogP contribution in [-0.2, 0) is 11.2 Å². The highest BCUT2D eigenvalue weighted by molar-refractivity contribution is 6.31. The van der Waals surface area contributed by atoms with Crippen LogP contribution in [0.3, 0.4) is 0 Å². The van der Waals surface area contributed by atoms with Crippen LogP contribution in [0, 0.1) is 0 Å². The Kier molecular flexibility index (Phi) is 7.04. The van der Waals surface area contributed by atoms with Gasteiger partial charge in [0.2, 0.25) is 11.7 Å². The summed E-state index contributed by atoms with van der Waals surface area (Å²) in [7, 11) is 0. The lowest BCUT2D eigenvalue weighted by Crippen LogP contribution is -2.34. The SMILES string of the molecule is O=C(COc1ccc(Cl)cc1)NC(Cc1ccccc1)c1nc(-c2cccc(Cl)c2)no1. The van der Waals surface area contributed by atoms with Gasteiger partial charge in [-0.3, -0.25) is 4.79 Å². The molecule has 4 aromatic rings. The third-order valence-electron chi connectivity index (χ3n) is 4.62. The number of benzene rings is 3. The van der Waals surface area contributed by atoms with Crippen LogP contribution >= 0.6 is 23.2 Å². The summed E-state index contributed by atoms with van der Waals surface area (Å²) >= 11 is 11.9. The van der Waals surface area contributed by atoms with Crippen molar-refractivity contribution in [1.82, 2.24) is 15.5 Å². The molecule has 0 aliphatic heterocycles. The Bertz CT molecular complexity index is 1180. The standard InChI is InChI=1S/C24H19Cl2N3O3/c25-18-9-11-20(12-10-18)31-15-22(30)27-21(13-16-5-2-1-3-6-16)24-28-23(29-32-24)17-7-4-8-19(26)14-17/h1-12,14,21H,13,15H2,(H,27,30). The van der Waals surface area contributed by atoms with Crippen LogP contribution in [0.25, 0.3) is 11.4 Å². The molecule has 162 valence electrons. The first-order valence-electron chi connectivity index (χ1n) is 9.88. The second-order valence-corrected chi connectivity index (χ2v) is 7.89. The molecule has 0 spiro atoms. The van der Waals surface area contributed by atoms with E-state index in [9.17, 15) is 4.79 Å². The number of amides is 1. The average Bonchev–Trinajstić information content (AvgIpc) is 3.29. The quantitative estimate of drug-likeness (QED) is 0.368. The van der Waals surface area contributed by atoms with E-state index in [0.29, 0.717) is 33.9 Å². The smallest absolute Gasteiger partial charge is 0.258 e. The molecule has 1 N–H and O–H groups in total. The number of nitrogens with zero attached hydrogens (tertiary/aromatic N) is 2. The monoisotopic (exact) mass is 467 g/mol. The minimum atomic E-state index is -0.529. The zero-order chi connectivity index (χ0) is 22.3. The summed E-state index contributed by atoms with van der Waals surface area (Å²) in [5.74, 6) is 0.921. The van der Waals surface area contributed by atoms with Gasteiger partial charge in [0.1, 0.15) is 11.8 Å². The third kappa shape index (κ3) is 5.87. The number of hydrogen-bond acceptors (Lipinski definition) is 5. The van der Waals surface area contributed by atoms with Gasteiger partial charge in [-0.2, -0.15) is 4.98 Å². The summed E-state index contributed by atoms with van der Waals surface area (Å²) in [4.78, 5) is 17.1. The Hall–Kier alpha value is -3.35. The van der Waals surface area contributed by atoms with Crippen molar-refractivity contribution in [3.63, 3.8) is 0 Å². The van der Waals surface area contributed by atoms with Crippen molar-refractivity contribution in [2.75, 3.05) is 6.61 Å². The first kappa shape index (κ1) is 21.9. The molecule has 1 heterocycles. The molecule has 0 radical (unpaired) electrons. The lowest BCUT2D eigenvalue weighted by molar-refractivity contribution is -0.124. The molecule has 0 saturated carbocycles. The highest BCUT2D eigenvalue weighted by atomic mass is 35.5. The van der Waals surface area contributed by atoms with Gasteiger partial charge in [0, 0.05) is 22.0 Å². The maximum absolute atomic E-state index is 12.6. The van der Waals surface area contributed by atoms with Crippen molar-refractivity contribution in [3.05, 3.63) is 100 Å². The molecule has 4 rings (SSSR count). The summed E-state index contributed by atoms with van der Waals surface area (Å²) in [5.41, 5.74) is 1.74. The number of carbonyl (C=O) groups excluding carboxylic acids is 1. The van der Waals surface area contributed by atoms with Gasteiger partial charge < -0.3 is 14.6 Å². The Morgan fingerprint density at radius 3 is 2.50 bits per heavy atom. The van der Waals surface area contributed by atoms with Crippen molar-refractivity contribution in [2.24, 2.45) is 0 Å². The number of aromatic nitrogens is 2. The van der Waals surface area contributed by atoms with Crippen molar-refractivity contribution in [1.29, 1.82) is 0 Å². The molecule has 0 bridgehead atoms. The molecular weight excluding hydrogens is 449 g/mol. The van der Waals surface area contributed by atoms with E-state index in [1.807, 2.05) is 42.5 Å². The molecule has 32 heavy (non-hydrogen) atoms. The zero-order valence-corrected chi connectivity index (χ0v) is 18.4. The fraction of sp³-hybridized carbons (Fsp3) is 0.125. The van der Waals surface area contributed by atoms with E-state index < -0.39 is 6.04 Å². The Morgan fingerprint density at radius 1 is 0.969 bits per heavy atom. The van der Waals surface area contributed by atoms with Gasteiger partial charge in [-0.05, 0) is 42.0 Å². The van der Waals surface area contributed by atoms with Gasteiger partial charge in [-0.1, -0.05) is 70.8 Å². The van der Waals surface area contributed by atoms with Crippen molar-refractivity contribution >= 4 is 29.1 Å². The van der Waals surface area contributed by atoms with Gasteiger partial charge in [-0.15, -0.1) is 0 Å². The molecule has 0 saturated heterocycles. The predicted molar refractivity (Wildman–Crippen MR) is 123 cm³/mol. The lowest BCUT2D eigenvalue weighted by atomic mass is 10.1. The number of halogens is 2. The summed E-state index contributed by atoms with van der Waals surface area (Å²) in [6.45, 7) is -0.164. The third-order valence-corrected chi connectivity index (χ3v) is 5.11. The van der Waals surface area contributed by atoms with Gasteiger partial charge in [0.15, 0.2) is 6.61 Å². The Morgan fingerprint density at radius 2 is 1.75 bits per heavy atom. The maximum atomic E-state index is 12.6. The summed E-state index contributed by atoms with van der Waals surface area (Å²) in [6.07, 6.45) is 0.477. The minimum Gasteiger partial charge on any atom is -0.484 e. The number of ether oxygens (including phenoxy) is 1. The Labute approximate surface area is 195 Å². The van der Waals surface area contributed by atoms with E-state index in [1.165, 1.54) is 0 Å². The highest BCUT2D eigenvalue weighted by Gasteiger charge is 2.22. The summed E-state index contributed by atoms with van der Waals surface area (Å²) < 4.78 is 11.0. The van der Waals surface area contributed by atoms with E-state index in [0.717, 1.165) is 11.1 Å². The number of nitrogens with one attached hydrogen (secondary N) is 1. The first-order valence-corrected chi connectivity index (χ1v) is 10.6. The number of hydrogen-bond donors (Lipinski definition) is 1. The van der Waals surface area contributed by atoms with Crippen LogP contribution in [0.15, 0.2) is 83.4 Å². The largest absolute Gasteiger partial charge is 0.484 e. The fourth-order valence-corrected chi connectivity index (χ4v) is 3.40. The second-order valence-electron chi connectivity index (χ2n) is 7.02. The van der Waals surface area contributed by atoms with E-state index in [2.05, 4.69) is 15.5 Å². The van der Waals surface area contributed by atoms with Crippen LogP contribution in [0.4, 0.5) is 0 Å². The average molecular weight is 468 g/mol.